The SMILES string of the molecule is CCOC(=O)c1cc(C#N)c(SCC(=O)NC(C)(C)CC(C)(C)C)nc1C. The van der Waals surface area contributed by atoms with Gasteiger partial charge >= 0.3 is 5.97 Å². The highest BCUT2D eigenvalue weighted by Crippen LogP contribution is 2.27. The van der Waals surface area contributed by atoms with E-state index in [9.17, 15) is 14.9 Å². The van der Waals surface area contributed by atoms with Gasteiger partial charge in [-0.15, -0.1) is 0 Å². The lowest BCUT2D eigenvalue weighted by Crippen LogP contribution is -2.46. The molecule has 0 bridgehead atoms. The Morgan fingerprint density at radius 1 is 1.30 bits per heavy atom. The number of ether oxygens (including phenoxy) is 1. The van der Waals surface area contributed by atoms with E-state index in [1.165, 1.54) is 17.8 Å². The Hall–Kier alpha value is -2.07. The molecule has 0 fully saturated rings. The maximum atomic E-state index is 12.3. The van der Waals surface area contributed by atoms with Gasteiger partial charge < -0.3 is 10.1 Å². The number of nitriles is 1. The number of esters is 1. The maximum absolute atomic E-state index is 12.3. The quantitative estimate of drug-likeness (QED) is 0.560. The smallest absolute Gasteiger partial charge is 0.340 e. The van der Waals surface area contributed by atoms with Crippen molar-refractivity contribution in [3.8, 4) is 6.07 Å². The molecule has 0 atom stereocenters. The van der Waals surface area contributed by atoms with Crippen LogP contribution in [0.2, 0.25) is 0 Å². The number of carbonyl (C=O) groups excluding carboxylic acids is 2. The van der Waals surface area contributed by atoms with E-state index < -0.39 is 5.97 Å². The summed E-state index contributed by atoms with van der Waals surface area (Å²) in [6.07, 6.45) is 0.839. The third-order valence-electron chi connectivity index (χ3n) is 3.58. The number of hydrogen-bond acceptors (Lipinski definition) is 6. The Morgan fingerprint density at radius 2 is 1.93 bits per heavy atom. The zero-order valence-electron chi connectivity index (χ0n) is 17.2. The molecular weight excluding hydrogens is 362 g/mol. The molecule has 0 saturated carbocycles. The summed E-state index contributed by atoms with van der Waals surface area (Å²) in [4.78, 5) is 28.6. The van der Waals surface area contributed by atoms with Crippen molar-refractivity contribution >= 4 is 23.6 Å². The first-order valence-electron chi connectivity index (χ1n) is 8.91. The van der Waals surface area contributed by atoms with Crippen LogP contribution in [0.15, 0.2) is 11.1 Å². The van der Waals surface area contributed by atoms with Crippen molar-refractivity contribution in [3.05, 3.63) is 22.9 Å². The van der Waals surface area contributed by atoms with Gasteiger partial charge in [0.05, 0.1) is 29.2 Å². The molecule has 1 heterocycles. The summed E-state index contributed by atoms with van der Waals surface area (Å²) >= 11 is 1.19. The van der Waals surface area contributed by atoms with E-state index in [-0.39, 0.29) is 40.3 Å². The summed E-state index contributed by atoms with van der Waals surface area (Å²) in [5.41, 5.74) is 0.775. The molecule has 0 unspecified atom stereocenters. The van der Waals surface area contributed by atoms with Gasteiger partial charge in [0, 0.05) is 5.54 Å². The Bertz CT molecular complexity index is 746. The zero-order valence-corrected chi connectivity index (χ0v) is 18.0. The molecule has 0 spiro atoms. The first-order valence-corrected chi connectivity index (χ1v) is 9.90. The molecule has 0 aliphatic carbocycles. The molecule has 148 valence electrons. The largest absolute Gasteiger partial charge is 0.462 e. The molecule has 1 aromatic heterocycles. The minimum Gasteiger partial charge on any atom is -0.462 e. The number of aryl methyl sites for hydroxylation is 1. The topological polar surface area (TPSA) is 92.1 Å². The van der Waals surface area contributed by atoms with Gasteiger partial charge in [0.1, 0.15) is 11.1 Å². The van der Waals surface area contributed by atoms with Gasteiger partial charge in [0.15, 0.2) is 0 Å². The van der Waals surface area contributed by atoms with Crippen LogP contribution in [0.3, 0.4) is 0 Å². The van der Waals surface area contributed by atoms with Gasteiger partial charge in [-0.3, -0.25) is 4.79 Å². The third-order valence-corrected chi connectivity index (χ3v) is 4.58. The first kappa shape index (κ1) is 23.0. The second kappa shape index (κ2) is 9.23. The molecular formula is C20H29N3O3S. The van der Waals surface area contributed by atoms with Gasteiger partial charge in [0.25, 0.3) is 0 Å². The van der Waals surface area contributed by atoms with Crippen molar-refractivity contribution < 1.29 is 14.3 Å². The molecule has 0 saturated heterocycles. The summed E-state index contributed by atoms with van der Waals surface area (Å²) < 4.78 is 4.98. The Morgan fingerprint density at radius 3 is 2.44 bits per heavy atom. The van der Waals surface area contributed by atoms with Crippen molar-refractivity contribution in [1.29, 1.82) is 5.26 Å². The summed E-state index contributed by atoms with van der Waals surface area (Å²) in [5.74, 6) is -0.475. The van der Waals surface area contributed by atoms with Crippen LogP contribution in [0.4, 0.5) is 0 Å². The molecule has 7 heteroatoms. The van der Waals surface area contributed by atoms with Crippen LogP contribution in [0.5, 0.6) is 0 Å². The number of hydrogen-bond donors (Lipinski definition) is 1. The van der Waals surface area contributed by atoms with Gasteiger partial charge in [-0.05, 0) is 45.6 Å². The summed E-state index contributed by atoms with van der Waals surface area (Å²) in [6, 6.07) is 3.52. The van der Waals surface area contributed by atoms with Crippen LogP contribution in [0.1, 0.15) is 69.6 Å². The Kier molecular flexibility index (Phi) is 7.85. The molecule has 1 rings (SSSR count). The fourth-order valence-corrected chi connectivity index (χ4v) is 3.91. The molecule has 0 aliphatic rings. The maximum Gasteiger partial charge on any atom is 0.340 e. The van der Waals surface area contributed by atoms with E-state index in [1.807, 2.05) is 19.9 Å². The van der Waals surface area contributed by atoms with Gasteiger partial charge in [0.2, 0.25) is 5.91 Å². The summed E-state index contributed by atoms with van der Waals surface area (Å²) in [6.45, 7) is 14.0. The van der Waals surface area contributed by atoms with Gasteiger partial charge in [-0.1, -0.05) is 32.5 Å². The second-order valence-corrected chi connectivity index (χ2v) is 9.23. The normalized spacial score (nSPS) is 11.6. The highest BCUT2D eigenvalue weighted by atomic mass is 32.2. The Balaban J connectivity index is 2.85. The van der Waals surface area contributed by atoms with Crippen LogP contribution < -0.4 is 5.32 Å². The molecule has 1 aromatic rings. The third kappa shape index (κ3) is 7.59. The monoisotopic (exact) mass is 391 g/mol. The van der Waals surface area contributed by atoms with Crippen molar-refractivity contribution in [2.75, 3.05) is 12.4 Å². The van der Waals surface area contributed by atoms with Crippen molar-refractivity contribution in [1.82, 2.24) is 10.3 Å². The van der Waals surface area contributed by atoms with Crippen LogP contribution in [-0.2, 0) is 9.53 Å². The number of aromatic nitrogens is 1. The number of rotatable bonds is 7. The van der Waals surface area contributed by atoms with E-state index in [4.69, 9.17) is 4.74 Å². The molecule has 1 amide bonds. The number of nitrogens with one attached hydrogen (secondary N) is 1. The van der Waals surface area contributed by atoms with Crippen molar-refractivity contribution in [2.45, 2.75) is 65.5 Å². The molecule has 0 aromatic carbocycles. The first-order chi connectivity index (χ1) is 12.4. The lowest BCUT2D eigenvalue weighted by Gasteiger charge is -2.33. The fraction of sp³-hybridized carbons (Fsp3) is 0.600. The summed E-state index contributed by atoms with van der Waals surface area (Å²) in [5, 5.41) is 12.8. The highest BCUT2D eigenvalue weighted by molar-refractivity contribution is 8.00. The Labute approximate surface area is 166 Å². The van der Waals surface area contributed by atoms with Gasteiger partial charge in [-0.25, -0.2) is 9.78 Å². The fourth-order valence-electron chi connectivity index (χ4n) is 3.11. The highest BCUT2D eigenvalue weighted by Gasteiger charge is 2.27. The van der Waals surface area contributed by atoms with E-state index in [0.717, 1.165) is 6.42 Å². The number of nitrogens with zero attached hydrogens (tertiary/aromatic N) is 2. The lowest BCUT2D eigenvalue weighted by atomic mass is 9.82. The van der Waals surface area contributed by atoms with E-state index in [1.54, 1.807) is 13.8 Å². The second-order valence-electron chi connectivity index (χ2n) is 8.26. The molecule has 27 heavy (non-hydrogen) atoms. The minimum atomic E-state index is -0.503. The standard InChI is InChI=1S/C20H29N3O3S/c1-8-26-18(25)15-9-14(10-21)17(22-13(15)2)27-11-16(24)23-20(6,7)12-19(3,4)5/h9H,8,11-12H2,1-7H3,(H,23,24). The van der Waals surface area contributed by atoms with E-state index in [2.05, 4.69) is 31.1 Å². The van der Waals surface area contributed by atoms with Crippen molar-refractivity contribution in [2.24, 2.45) is 5.41 Å². The minimum absolute atomic E-state index is 0.0967. The zero-order chi connectivity index (χ0) is 20.8. The molecule has 0 radical (unpaired) electrons. The lowest BCUT2D eigenvalue weighted by molar-refractivity contribution is -0.120. The van der Waals surface area contributed by atoms with Crippen LogP contribution in [0.25, 0.3) is 0 Å². The van der Waals surface area contributed by atoms with E-state index in [0.29, 0.717) is 10.7 Å². The molecule has 6 nitrogen and oxygen atoms in total. The van der Waals surface area contributed by atoms with Crippen LogP contribution in [0, 0.1) is 23.7 Å². The van der Waals surface area contributed by atoms with E-state index >= 15 is 0 Å². The average molecular weight is 392 g/mol. The van der Waals surface area contributed by atoms with Crippen molar-refractivity contribution in [3.63, 3.8) is 0 Å². The number of carbonyl (C=O) groups is 2. The number of thioether (sulfide) groups is 1. The van der Waals surface area contributed by atoms with Gasteiger partial charge in [-0.2, -0.15) is 5.26 Å². The predicted octanol–water partition coefficient (Wildman–Crippen LogP) is 3.86. The summed E-state index contributed by atoms with van der Waals surface area (Å²) in [7, 11) is 0. The number of amides is 1. The predicted molar refractivity (Wildman–Crippen MR) is 107 cm³/mol. The average Bonchev–Trinajstić information content (AvgIpc) is 2.50. The molecule has 0 aliphatic heterocycles. The number of pyridine rings is 1. The molecule has 1 N–H and O–H groups in total. The van der Waals surface area contributed by atoms with Crippen LogP contribution >= 0.6 is 11.8 Å². The van der Waals surface area contributed by atoms with Crippen LogP contribution in [-0.4, -0.2) is 34.8 Å².